The van der Waals surface area contributed by atoms with Crippen molar-refractivity contribution in [3.05, 3.63) is 40.3 Å². The molecule has 0 spiro atoms. The standard InChI is InChI=1S/C19H25N3O5S3/c1-3-21(4-2)16-7-5-15(17(23)13-16)6-8-19-22(10-12-28-19)14-18(24)20-9-11-29-30(25,26)27/h5-8,10,12-13H,3-4,9,11,14H2,1-2H3,(H2,20,24,25,26,27). The minimum atomic E-state index is -4.35. The number of hydrogen-bond donors (Lipinski definition) is 2. The van der Waals surface area contributed by atoms with Crippen LogP contribution in [0.3, 0.4) is 0 Å². The molecule has 2 aromatic rings. The number of carbonyl (C=O) groups is 1. The third-order valence-electron chi connectivity index (χ3n) is 4.23. The Morgan fingerprint density at radius 1 is 1.33 bits per heavy atom. The van der Waals surface area contributed by atoms with Crippen LogP contribution in [0.4, 0.5) is 5.69 Å². The van der Waals surface area contributed by atoms with Gasteiger partial charge in [0.15, 0.2) is 6.20 Å². The molecular formula is C19H25N3O5S3. The lowest BCUT2D eigenvalue weighted by Crippen LogP contribution is -2.43. The lowest BCUT2D eigenvalue weighted by atomic mass is 10.1. The van der Waals surface area contributed by atoms with Crippen molar-refractivity contribution in [1.82, 2.24) is 5.32 Å². The van der Waals surface area contributed by atoms with Gasteiger partial charge in [-0.25, -0.2) is 8.42 Å². The number of anilines is 1. The summed E-state index contributed by atoms with van der Waals surface area (Å²) in [4.78, 5) is 14.2. The van der Waals surface area contributed by atoms with Crippen LogP contribution in [0.25, 0.3) is 12.2 Å². The fourth-order valence-corrected chi connectivity index (χ4v) is 4.75. The van der Waals surface area contributed by atoms with E-state index in [9.17, 15) is 22.9 Å². The minimum Gasteiger partial charge on any atom is -0.739 e. The first-order valence-electron chi connectivity index (χ1n) is 9.33. The predicted octanol–water partition coefficient (Wildman–Crippen LogP) is 2.07. The van der Waals surface area contributed by atoms with Crippen molar-refractivity contribution in [2.75, 3.05) is 30.3 Å². The van der Waals surface area contributed by atoms with E-state index >= 15 is 0 Å². The summed E-state index contributed by atoms with van der Waals surface area (Å²) in [7, 11) is -4.09. The predicted molar refractivity (Wildman–Crippen MR) is 120 cm³/mol. The molecule has 0 saturated heterocycles. The second kappa shape index (κ2) is 11.3. The fourth-order valence-electron chi connectivity index (χ4n) is 2.74. The molecule has 0 unspecified atom stereocenters. The number of nitrogens with zero attached hydrogens (tertiary/aromatic N) is 2. The molecule has 30 heavy (non-hydrogen) atoms. The number of aromatic nitrogens is 1. The zero-order chi connectivity index (χ0) is 22.1. The summed E-state index contributed by atoms with van der Waals surface area (Å²) in [5, 5.41) is 15.6. The smallest absolute Gasteiger partial charge is 0.286 e. The van der Waals surface area contributed by atoms with Crippen molar-refractivity contribution in [3.63, 3.8) is 0 Å². The largest absolute Gasteiger partial charge is 0.739 e. The van der Waals surface area contributed by atoms with Gasteiger partial charge in [-0.3, -0.25) is 4.79 Å². The molecule has 0 atom stereocenters. The quantitative estimate of drug-likeness (QED) is 0.223. The van der Waals surface area contributed by atoms with E-state index in [1.165, 1.54) is 11.3 Å². The molecule has 11 heteroatoms. The lowest BCUT2D eigenvalue weighted by molar-refractivity contribution is -0.681. The molecule has 2 rings (SSSR count). The molecule has 0 radical (unpaired) electrons. The highest BCUT2D eigenvalue weighted by molar-refractivity contribution is 8.69. The number of nitrogens with one attached hydrogen (secondary N) is 1. The fraction of sp³-hybridized carbons (Fsp3) is 0.368. The third-order valence-corrected chi connectivity index (χ3v) is 7.12. The van der Waals surface area contributed by atoms with Crippen molar-refractivity contribution in [3.8, 4) is 5.75 Å². The van der Waals surface area contributed by atoms with Gasteiger partial charge < -0.3 is 19.9 Å². The minimum absolute atomic E-state index is 0.00139. The molecule has 8 nitrogen and oxygen atoms in total. The molecule has 0 aliphatic rings. The van der Waals surface area contributed by atoms with E-state index in [1.807, 2.05) is 23.6 Å². The van der Waals surface area contributed by atoms with Gasteiger partial charge >= 0.3 is 0 Å². The maximum Gasteiger partial charge on any atom is 0.286 e. The Morgan fingerprint density at radius 3 is 2.70 bits per heavy atom. The summed E-state index contributed by atoms with van der Waals surface area (Å²) >= 11 is 1.45. The van der Waals surface area contributed by atoms with Gasteiger partial charge in [-0.1, -0.05) is 11.3 Å². The Bertz CT molecular complexity index is 985. The number of rotatable bonds is 11. The van der Waals surface area contributed by atoms with E-state index in [0.29, 0.717) is 5.56 Å². The molecule has 1 amide bonds. The third kappa shape index (κ3) is 7.63. The van der Waals surface area contributed by atoms with Gasteiger partial charge in [0.2, 0.25) is 6.54 Å². The summed E-state index contributed by atoms with van der Waals surface area (Å²) in [6.45, 7) is 5.98. The molecule has 0 aliphatic heterocycles. The molecule has 164 valence electrons. The van der Waals surface area contributed by atoms with Gasteiger partial charge in [-0.15, -0.1) is 0 Å². The van der Waals surface area contributed by atoms with Crippen LogP contribution in [0.5, 0.6) is 5.75 Å². The van der Waals surface area contributed by atoms with Crippen molar-refractivity contribution < 1.29 is 27.4 Å². The van der Waals surface area contributed by atoms with Crippen molar-refractivity contribution >= 4 is 55.0 Å². The zero-order valence-corrected chi connectivity index (χ0v) is 19.2. The van der Waals surface area contributed by atoms with Gasteiger partial charge in [0.05, 0.1) is 5.38 Å². The molecule has 1 aromatic carbocycles. The van der Waals surface area contributed by atoms with Crippen molar-refractivity contribution in [1.29, 1.82) is 0 Å². The number of aromatic hydroxyl groups is 1. The zero-order valence-electron chi connectivity index (χ0n) is 16.8. The van der Waals surface area contributed by atoms with Crippen LogP contribution in [-0.2, 0) is 20.5 Å². The van der Waals surface area contributed by atoms with Crippen LogP contribution in [0, 0.1) is 0 Å². The van der Waals surface area contributed by atoms with Gasteiger partial charge in [-0.2, -0.15) is 4.57 Å². The van der Waals surface area contributed by atoms with Crippen LogP contribution in [0.1, 0.15) is 24.4 Å². The summed E-state index contributed by atoms with van der Waals surface area (Å²) in [5.41, 5.74) is 1.63. The Labute approximate surface area is 184 Å². The highest BCUT2D eigenvalue weighted by Crippen LogP contribution is 2.26. The van der Waals surface area contributed by atoms with Crippen LogP contribution >= 0.6 is 22.1 Å². The SMILES string of the molecule is CCN(CC)c1ccc(/C=C/c2scc[n+]2CC(=O)NCCSS(=O)(=O)[O-])c(O)c1. The van der Waals surface area contributed by atoms with Gasteiger partial charge in [0.1, 0.15) is 14.9 Å². The first-order valence-corrected chi connectivity index (χ1v) is 13.1. The van der Waals surface area contributed by atoms with Gasteiger partial charge in [0.25, 0.3) is 10.9 Å². The molecule has 0 saturated carbocycles. The maximum absolute atomic E-state index is 12.0. The summed E-state index contributed by atoms with van der Waals surface area (Å²) in [6, 6.07) is 5.55. The molecule has 2 N–H and O–H groups in total. The first-order chi connectivity index (χ1) is 14.2. The van der Waals surface area contributed by atoms with Crippen LogP contribution in [-0.4, -0.2) is 49.4 Å². The lowest BCUT2D eigenvalue weighted by Gasteiger charge is -2.21. The summed E-state index contributed by atoms with van der Waals surface area (Å²) in [6.07, 6.45) is 5.38. The number of carbonyl (C=O) groups excluding carboxylic acids is 1. The van der Waals surface area contributed by atoms with Crippen molar-refractivity contribution in [2.24, 2.45) is 0 Å². The second-order valence-electron chi connectivity index (χ2n) is 6.20. The van der Waals surface area contributed by atoms with E-state index in [-0.39, 0.29) is 41.3 Å². The molecule has 1 heterocycles. The van der Waals surface area contributed by atoms with E-state index in [1.54, 1.807) is 22.9 Å². The molecular weight excluding hydrogens is 446 g/mol. The monoisotopic (exact) mass is 471 g/mol. The summed E-state index contributed by atoms with van der Waals surface area (Å²) < 4.78 is 33.4. The van der Waals surface area contributed by atoms with Gasteiger partial charge in [-0.05, 0) is 42.9 Å². The van der Waals surface area contributed by atoms with Gasteiger partial charge in [0, 0.05) is 48.8 Å². The van der Waals surface area contributed by atoms with E-state index in [0.717, 1.165) is 23.8 Å². The van der Waals surface area contributed by atoms with E-state index in [4.69, 9.17) is 0 Å². The number of benzene rings is 1. The first kappa shape index (κ1) is 24.2. The Balaban J connectivity index is 1.98. The average molecular weight is 472 g/mol. The Hall–Kier alpha value is -2.08. The van der Waals surface area contributed by atoms with Crippen LogP contribution < -0.4 is 14.8 Å². The summed E-state index contributed by atoms with van der Waals surface area (Å²) in [5.74, 6) is -0.104. The second-order valence-corrected chi connectivity index (χ2v) is 10.5. The molecule has 0 fully saturated rings. The number of amides is 1. The van der Waals surface area contributed by atoms with Crippen molar-refractivity contribution in [2.45, 2.75) is 20.4 Å². The normalized spacial score (nSPS) is 11.7. The molecule has 0 aliphatic carbocycles. The highest BCUT2D eigenvalue weighted by Gasteiger charge is 2.15. The Morgan fingerprint density at radius 2 is 2.07 bits per heavy atom. The highest BCUT2D eigenvalue weighted by atomic mass is 33.1. The number of thiazole rings is 1. The average Bonchev–Trinajstić information content (AvgIpc) is 3.11. The number of phenols is 1. The van der Waals surface area contributed by atoms with E-state index in [2.05, 4.69) is 24.1 Å². The van der Waals surface area contributed by atoms with E-state index < -0.39 is 9.15 Å². The number of hydrogen-bond acceptors (Lipinski definition) is 8. The molecule has 1 aromatic heterocycles. The number of phenolic OH excluding ortho intramolecular Hbond substituents is 1. The maximum atomic E-state index is 12.0. The van der Waals surface area contributed by atoms with Crippen LogP contribution in [0.2, 0.25) is 0 Å². The Kier molecular flexibility index (Phi) is 9.15. The van der Waals surface area contributed by atoms with Crippen LogP contribution in [0.15, 0.2) is 29.8 Å². The topological polar surface area (TPSA) is 114 Å². The molecule has 0 bridgehead atoms.